The number of aromatic amines is 1. The van der Waals surface area contributed by atoms with Gasteiger partial charge in [0.1, 0.15) is 0 Å². The van der Waals surface area contributed by atoms with E-state index in [-0.39, 0.29) is 4.90 Å². The number of halogens is 1. The lowest BCUT2D eigenvalue weighted by molar-refractivity contribution is 0.601. The average Bonchev–Trinajstić information content (AvgIpc) is 3.02. The van der Waals surface area contributed by atoms with Gasteiger partial charge in [-0.25, -0.2) is 8.42 Å². The molecule has 7 heteroatoms. The second-order valence-corrected chi connectivity index (χ2v) is 6.74. The molecule has 0 aliphatic carbocycles. The van der Waals surface area contributed by atoms with Gasteiger partial charge in [-0.1, -0.05) is 23.7 Å². The largest absolute Gasteiger partial charge is 0.285 e. The smallest absolute Gasteiger partial charge is 0.261 e. The topological polar surface area (TPSA) is 74.8 Å². The highest BCUT2D eigenvalue weighted by Crippen LogP contribution is 2.22. The van der Waals surface area contributed by atoms with Gasteiger partial charge in [0.2, 0.25) is 0 Å². The number of nitrogens with one attached hydrogen (secondary N) is 2. The number of anilines is 1. The number of rotatable bonds is 4. The Morgan fingerprint density at radius 2 is 1.64 bits per heavy atom. The number of hydrogen-bond acceptors (Lipinski definition) is 3. The first-order chi connectivity index (χ1) is 10.5. The summed E-state index contributed by atoms with van der Waals surface area (Å²) in [4.78, 5) is 0.163. The summed E-state index contributed by atoms with van der Waals surface area (Å²) in [5.74, 6) is 0. The molecule has 0 radical (unpaired) electrons. The lowest BCUT2D eigenvalue weighted by Crippen LogP contribution is -2.12. The van der Waals surface area contributed by atoms with Crippen molar-refractivity contribution in [3.8, 4) is 11.1 Å². The van der Waals surface area contributed by atoms with E-state index in [1.807, 2.05) is 12.1 Å². The Morgan fingerprint density at radius 1 is 0.955 bits per heavy atom. The van der Waals surface area contributed by atoms with Gasteiger partial charge in [-0.3, -0.25) is 9.82 Å². The molecule has 0 fully saturated rings. The summed E-state index contributed by atoms with van der Waals surface area (Å²) < 4.78 is 27.0. The summed E-state index contributed by atoms with van der Waals surface area (Å²) in [6, 6.07) is 13.1. The van der Waals surface area contributed by atoms with Crippen LogP contribution in [0.2, 0.25) is 5.02 Å². The second kappa shape index (κ2) is 5.82. The Kier molecular flexibility index (Phi) is 3.87. The molecule has 0 amide bonds. The van der Waals surface area contributed by atoms with Crippen molar-refractivity contribution in [2.75, 3.05) is 4.72 Å². The summed E-state index contributed by atoms with van der Waals surface area (Å²) in [6.45, 7) is 0. The molecule has 0 spiro atoms. The summed E-state index contributed by atoms with van der Waals surface area (Å²) in [5.41, 5.74) is 2.37. The van der Waals surface area contributed by atoms with Crippen LogP contribution in [-0.2, 0) is 10.0 Å². The van der Waals surface area contributed by atoms with Gasteiger partial charge in [0, 0.05) is 22.5 Å². The zero-order chi connectivity index (χ0) is 15.6. The zero-order valence-electron chi connectivity index (χ0n) is 11.3. The van der Waals surface area contributed by atoms with Gasteiger partial charge >= 0.3 is 0 Å². The lowest BCUT2D eigenvalue weighted by Gasteiger charge is -2.08. The number of hydrogen-bond donors (Lipinski definition) is 2. The molecule has 112 valence electrons. The Bertz CT molecular complexity index is 858. The van der Waals surface area contributed by atoms with Crippen molar-refractivity contribution in [3.63, 3.8) is 0 Å². The average molecular weight is 334 g/mol. The summed E-state index contributed by atoms with van der Waals surface area (Å²) in [5, 5.41) is 7.10. The third-order valence-corrected chi connectivity index (χ3v) is 4.74. The van der Waals surface area contributed by atoms with E-state index in [4.69, 9.17) is 11.6 Å². The monoisotopic (exact) mass is 333 g/mol. The number of benzene rings is 2. The van der Waals surface area contributed by atoms with Gasteiger partial charge in [-0.05, 0) is 42.0 Å². The highest BCUT2D eigenvalue weighted by molar-refractivity contribution is 7.92. The van der Waals surface area contributed by atoms with Crippen LogP contribution in [0, 0.1) is 0 Å². The zero-order valence-corrected chi connectivity index (χ0v) is 12.9. The Morgan fingerprint density at radius 3 is 2.23 bits per heavy atom. The SMILES string of the molecule is O=S(=O)(Nc1ccc(-c2cn[nH]c2)cc1)c1ccc(Cl)cc1. The van der Waals surface area contributed by atoms with Crippen molar-refractivity contribution in [1.29, 1.82) is 0 Å². The van der Waals surface area contributed by atoms with Crippen LogP contribution in [0.5, 0.6) is 0 Å². The molecule has 0 aliphatic heterocycles. The second-order valence-electron chi connectivity index (χ2n) is 4.62. The fraction of sp³-hybridized carbons (Fsp3) is 0. The van der Waals surface area contributed by atoms with Gasteiger partial charge < -0.3 is 0 Å². The normalized spacial score (nSPS) is 11.3. The van der Waals surface area contributed by atoms with E-state index in [1.54, 1.807) is 24.5 Å². The molecule has 0 bridgehead atoms. The highest BCUT2D eigenvalue weighted by atomic mass is 35.5. The maximum atomic E-state index is 12.3. The van der Waals surface area contributed by atoms with E-state index < -0.39 is 10.0 Å². The molecule has 0 saturated heterocycles. The number of nitrogens with zero attached hydrogens (tertiary/aromatic N) is 1. The first-order valence-electron chi connectivity index (χ1n) is 6.42. The molecule has 3 rings (SSSR count). The van der Waals surface area contributed by atoms with Crippen LogP contribution >= 0.6 is 11.6 Å². The highest BCUT2D eigenvalue weighted by Gasteiger charge is 2.13. The molecule has 0 aliphatic rings. The summed E-state index contributed by atoms with van der Waals surface area (Å²) >= 11 is 5.77. The van der Waals surface area contributed by atoms with Crippen LogP contribution in [0.25, 0.3) is 11.1 Å². The lowest BCUT2D eigenvalue weighted by atomic mass is 10.1. The molecule has 3 aromatic rings. The molecule has 2 N–H and O–H groups in total. The van der Waals surface area contributed by atoms with Gasteiger partial charge in [0.15, 0.2) is 0 Å². The van der Waals surface area contributed by atoms with Crippen molar-refractivity contribution >= 4 is 27.3 Å². The molecule has 0 unspecified atom stereocenters. The van der Waals surface area contributed by atoms with E-state index >= 15 is 0 Å². The van der Waals surface area contributed by atoms with E-state index in [1.165, 1.54) is 24.3 Å². The van der Waals surface area contributed by atoms with E-state index in [0.717, 1.165) is 11.1 Å². The van der Waals surface area contributed by atoms with Crippen molar-refractivity contribution < 1.29 is 8.42 Å². The molecule has 0 atom stereocenters. The first-order valence-corrected chi connectivity index (χ1v) is 8.28. The maximum absolute atomic E-state index is 12.3. The van der Waals surface area contributed by atoms with E-state index in [0.29, 0.717) is 10.7 Å². The van der Waals surface area contributed by atoms with Gasteiger partial charge in [-0.2, -0.15) is 5.10 Å². The minimum Gasteiger partial charge on any atom is -0.285 e. The van der Waals surface area contributed by atoms with E-state index in [9.17, 15) is 8.42 Å². The Balaban J connectivity index is 1.82. The standard InChI is InChI=1S/C15H12ClN3O2S/c16-13-3-7-15(8-4-13)22(20,21)19-14-5-1-11(2-6-14)12-9-17-18-10-12/h1-10,19H,(H,17,18). The third-order valence-electron chi connectivity index (χ3n) is 3.09. The molecular formula is C15H12ClN3O2S. The fourth-order valence-electron chi connectivity index (χ4n) is 1.97. The van der Waals surface area contributed by atoms with Crippen molar-refractivity contribution in [2.45, 2.75) is 4.90 Å². The van der Waals surface area contributed by atoms with Crippen LogP contribution in [0.3, 0.4) is 0 Å². The third kappa shape index (κ3) is 3.13. The maximum Gasteiger partial charge on any atom is 0.261 e. The van der Waals surface area contributed by atoms with Crippen LogP contribution in [-0.4, -0.2) is 18.6 Å². The van der Waals surface area contributed by atoms with Gasteiger partial charge in [-0.15, -0.1) is 0 Å². The predicted molar refractivity (Wildman–Crippen MR) is 86.3 cm³/mol. The van der Waals surface area contributed by atoms with Crippen LogP contribution in [0.1, 0.15) is 0 Å². The summed E-state index contributed by atoms with van der Waals surface area (Å²) in [7, 11) is -3.62. The van der Waals surface area contributed by atoms with E-state index in [2.05, 4.69) is 14.9 Å². The number of H-pyrrole nitrogens is 1. The molecular weight excluding hydrogens is 322 g/mol. The van der Waals surface area contributed by atoms with Gasteiger partial charge in [0.05, 0.1) is 11.1 Å². The molecule has 1 aromatic heterocycles. The summed E-state index contributed by atoms with van der Waals surface area (Å²) in [6.07, 6.45) is 3.47. The minimum atomic E-state index is -3.62. The van der Waals surface area contributed by atoms with Crippen LogP contribution in [0.15, 0.2) is 65.8 Å². The number of sulfonamides is 1. The number of aromatic nitrogens is 2. The molecule has 22 heavy (non-hydrogen) atoms. The molecule has 0 saturated carbocycles. The first kappa shape index (κ1) is 14.6. The van der Waals surface area contributed by atoms with Crippen molar-refractivity contribution in [3.05, 3.63) is 65.9 Å². The van der Waals surface area contributed by atoms with Crippen molar-refractivity contribution in [2.24, 2.45) is 0 Å². The van der Waals surface area contributed by atoms with Crippen molar-refractivity contribution in [1.82, 2.24) is 10.2 Å². The quantitative estimate of drug-likeness (QED) is 0.767. The Labute approximate surface area is 133 Å². The minimum absolute atomic E-state index is 0.163. The Hall–Kier alpha value is -2.31. The van der Waals surface area contributed by atoms with Crippen LogP contribution in [0.4, 0.5) is 5.69 Å². The molecule has 1 heterocycles. The molecule has 5 nitrogen and oxygen atoms in total. The fourth-order valence-corrected chi connectivity index (χ4v) is 3.15. The van der Waals surface area contributed by atoms with Crippen LogP contribution < -0.4 is 4.72 Å². The van der Waals surface area contributed by atoms with Gasteiger partial charge in [0.25, 0.3) is 10.0 Å². The predicted octanol–water partition coefficient (Wildman–Crippen LogP) is 3.53. The molecule has 2 aromatic carbocycles.